The summed E-state index contributed by atoms with van der Waals surface area (Å²) in [7, 11) is 3.72. The smallest absolute Gasteiger partial charge is 0.262 e. The monoisotopic (exact) mass is 1550 g/mol. The van der Waals surface area contributed by atoms with Gasteiger partial charge in [-0.1, -0.05) is 144 Å². The molecule has 5 aliphatic carbocycles. The number of rotatable bonds is 22. The molecule has 0 spiro atoms. The van der Waals surface area contributed by atoms with Crippen molar-refractivity contribution in [1.29, 1.82) is 0 Å². The standard InChI is InChI=1S/C24H31N3O3.C23H29N3O3.C22H27N3O3.C21H23N3O3/c1-4-5-6-7-11-22(29)25-15-18-9-8-10-19-23(18)24(30)27(17(3)26-19)20-13-12-16(2)14-21(20)28;1-14-9-10-18(19(27)11-14)26-15(2)25-17-8-6-7-16(21(17)22(26)29)13-24-20(28)12-23(3,4)5;1-14-8-11-19(20(27)12-14)25-15(2)23-18-7-5-6-16(21(18)22(25)28)9-10-17(26)13-24(3)4;1-12-6-9-17(18(25)10-12)24-13(2)23-16-5-3-4-15(19(16)21(24)27)11-22-20(26)14-7-8-14/h8-10,20H,2,4-7,11-15H2,1,3H3,(H,25,29);6-8,18H,1,9-13H2,2-5H3,(H,24,28);5-7,19H,1,8-13H2,2-4H3;3-5,14,17H,1,6-11H2,2H3,(H,22,26). The zero-order valence-electron chi connectivity index (χ0n) is 68.0. The van der Waals surface area contributed by atoms with Gasteiger partial charge in [0.05, 0.1) is 74.3 Å². The number of Topliss-reactive ketones (excluding diaryl/α,β-unsaturated/α-hetero) is 5. The minimum Gasteiger partial charge on any atom is -0.352 e. The fraction of sp³-hybridized carbons (Fsp3) is 0.467. The highest BCUT2D eigenvalue weighted by Crippen LogP contribution is 2.34. The third-order valence-corrected chi connectivity index (χ3v) is 21.8. The van der Waals surface area contributed by atoms with E-state index >= 15 is 0 Å². The zero-order chi connectivity index (χ0) is 82.6. The zero-order valence-corrected chi connectivity index (χ0v) is 68.0. The molecular weight excluding hydrogens is 1440 g/mol. The van der Waals surface area contributed by atoms with E-state index in [4.69, 9.17) is 0 Å². The molecule has 0 saturated heterocycles. The van der Waals surface area contributed by atoms with E-state index in [-0.39, 0.29) is 93.3 Å². The first-order valence-corrected chi connectivity index (χ1v) is 40.0. The number of ketones is 5. The molecule has 5 saturated carbocycles. The molecule has 0 bridgehead atoms. The van der Waals surface area contributed by atoms with Crippen molar-refractivity contribution in [2.45, 2.75) is 240 Å². The maximum absolute atomic E-state index is 13.4. The third-order valence-electron chi connectivity index (χ3n) is 21.8. The number of carbonyl (C=O) groups excluding carboxylic acids is 8. The van der Waals surface area contributed by atoms with E-state index in [2.05, 4.69) is 69.1 Å². The number of unbranched alkanes of at least 4 members (excludes halogenated alkanes) is 3. The summed E-state index contributed by atoms with van der Waals surface area (Å²) in [4.78, 5) is 172. The minimum absolute atomic E-state index is 0.00330. The average molecular weight is 1550 g/mol. The van der Waals surface area contributed by atoms with Crippen LogP contribution in [-0.4, -0.2) is 110 Å². The van der Waals surface area contributed by atoms with Crippen molar-refractivity contribution >= 4 is 90.2 Å². The van der Waals surface area contributed by atoms with Crippen LogP contribution >= 0.6 is 0 Å². The van der Waals surface area contributed by atoms with Crippen LogP contribution in [0.5, 0.6) is 0 Å². The maximum atomic E-state index is 13.4. The normalized spacial score (nSPS) is 18.0. The molecule has 13 rings (SSSR count). The Morgan fingerprint density at radius 3 is 1.08 bits per heavy atom. The summed E-state index contributed by atoms with van der Waals surface area (Å²) in [6, 6.07) is 20.0. The van der Waals surface area contributed by atoms with Gasteiger partial charge in [-0.25, -0.2) is 19.9 Å². The van der Waals surface area contributed by atoms with Crippen molar-refractivity contribution < 1.29 is 38.4 Å². The second-order valence-corrected chi connectivity index (χ2v) is 32.7. The number of aromatic nitrogens is 8. The molecule has 4 aromatic carbocycles. The molecule has 5 fully saturated rings. The van der Waals surface area contributed by atoms with Gasteiger partial charge in [0.1, 0.15) is 29.1 Å². The number of hydrogen-bond acceptors (Lipinski definition) is 17. The van der Waals surface area contributed by atoms with Crippen molar-refractivity contribution in [3.63, 3.8) is 0 Å². The van der Waals surface area contributed by atoms with E-state index in [1.807, 2.05) is 94.4 Å². The van der Waals surface area contributed by atoms with E-state index < -0.39 is 24.2 Å². The second kappa shape index (κ2) is 37.8. The van der Waals surface area contributed by atoms with E-state index in [0.717, 1.165) is 103 Å². The van der Waals surface area contributed by atoms with Crippen molar-refractivity contribution in [2.75, 3.05) is 20.6 Å². The Hall–Kier alpha value is -10.9. The molecule has 0 aliphatic heterocycles. The number of fused-ring (bicyclic) bond motifs is 4. The molecule has 4 aromatic heterocycles. The number of hydrogen-bond donors (Lipinski definition) is 3. The molecule has 4 unspecified atom stereocenters. The van der Waals surface area contributed by atoms with Gasteiger partial charge in [-0.05, 0) is 171 Å². The van der Waals surface area contributed by atoms with Gasteiger partial charge in [0, 0.05) is 70.5 Å². The number of nitrogens with zero attached hydrogens (tertiary/aromatic N) is 9. The molecule has 24 heteroatoms. The van der Waals surface area contributed by atoms with Gasteiger partial charge in [0.2, 0.25) is 17.7 Å². The molecule has 0 radical (unpaired) electrons. The van der Waals surface area contributed by atoms with Gasteiger partial charge in [-0.3, -0.25) is 75.8 Å². The van der Waals surface area contributed by atoms with E-state index in [9.17, 15) is 57.5 Å². The molecular formula is C90H110N12O12. The third kappa shape index (κ3) is 21.1. The number of nitrogens with one attached hydrogen (secondary N) is 3. The number of carbonyl (C=O) groups is 8. The van der Waals surface area contributed by atoms with Crippen LogP contribution in [0.1, 0.15) is 232 Å². The Labute approximate surface area is 665 Å². The summed E-state index contributed by atoms with van der Waals surface area (Å²) in [5.74, 6) is 2.40. The Bertz CT molecular complexity index is 5410. The van der Waals surface area contributed by atoms with Crippen LogP contribution in [-0.2, 0) is 64.4 Å². The summed E-state index contributed by atoms with van der Waals surface area (Å²) >= 11 is 0. The van der Waals surface area contributed by atoms with Gasteiger partial charge in [-0.2, -0.15) is 0 Å². The van der Waals surface area contributed by atoms with Gasteiger partial charge in [0.25, 0.3) is 22.2 Å². The first kappa shape index (κ1) is 85.5. The van der Waals surface area contributed by atoms with Crippen molar-refractivity contribution in [3.05, 3.63) is 208 Å². The molecule has 114 heavy (non-hydrogen) atoms. The van der Waals surface area contributed by atoms with Crippen LogP contribution in [0.15, 0.2) is 141 Å². The Kier molecular flexibility index (Phi) is 28.4. The maximum Gasteiger partial charge on any atom is 0.262 e. The quantitative estimate of drug-likeness (QED) is 0.0419. The van der Waals surface area contributed by atoms with Crippen molar-refractivity contribution in [1.82, 2.24) is 59.1 Å². The number of amides is 3. The summed E-state index contributed by atoms with van der Waals surface area (Å²) in [6.45, 7) is 32.0. The lowest BCUT2D eigenvalue weighted by Crippen LogP contribution is -2.35. The van der Waals surface area contributed by atoms with Crippen LogP contribution in [0.3, 0.4) is 0 Å². The van der Waals surface area contributed by atoms with Gasteiger partial charge in [-0.15, -0.1) is 0 Å². The number of aryl methyl sites for hydroxylation is 5. The van der Waals surface area contributed by atoms with Crippen LogP contribution in [0.2, 0.25) is 0 Å². The van der Waals surface area contributed by atoms with Gasteiger partial charge >= 0.3 is 0 Å². The molecule has 602 valence electrons. The molecule has 3 N–H and O–H groups in total. The highest BCUT2D eigenvalue weighted by atomic mass is 16.2. The Morgan fingerprint density at radius 2 is 0.763 bits per heavy atom. The van der Waals surface area contributed by atoms with Gasteiger partial charge < -0.3 is 20.9 Å². The number of benzene rings is 4. The summed E-state index contributed by atoms with van der Waals surface area (Å²) in [5, 5.41) is 10.7. The number of likely N-dealkylation sites (N-methyl/N-ethyl adjacent to an activating group) is 1. The molecule has 5 aliphatic rings. The Morgan fingerprint density at radius 1 is 0.439 bits per heavy atom. The summed E-state index contributed by atoms with van der Waals surface area (Å²) in [5.41, 5.74) is 8.09. The van der Waals surface area contributed by atoms with Crippen molar-refractivity contribution in [2.24, 2.45) is 11.3 Å². The van der Waals surface area contributed by atoms with E-state index in [1.165, 1.54) is 13.7 Å². The van der Waals surface area contributed by atoms with Crippen molar-refractivity contribution in [3.8, 4) is 0 Å². The summed E-state index contributed by atoms with van der Waals surface area (Å²) in [6.07, 6.45) is 14.3. The topological polar surface area (TPSA) is 315 Å². The highest BCUT2D eigenvalue weighted by molar-refractivity contribution is 5.91. The fourth-order valence-electron chi connectivity index (χ4n) is 15.8. The second-order valence-electron chi connectivity index (χ2n) is 32.7. The lowest BCUT2D eigenvalue weighted by Gasteiger charge is -2.26. The molecule has 4 heterocycles. The molecule has 24 nitrogen and oxygen atoms in total. The first-order chi connectivity index (χ1) is 54.2. The molecule has 8 aromatic rings. The number of allylic oxidation sites excluding steroid dienone is 4. The van der Waals surface area contributed by atoms with Crippen LogP contribution < -0.4 is 38.2 Å². The molecule has 4 atom stereocenters. The lowest BCUT2D eigenvalue weighted by molar-refractivity contribution is -0.123. The minimum atomic E-state index is -0.506. The SMILES string of the molecule is C=C1CCC(n2c(C)nc3cccc(CCC(=O)CN(C)C)c3c2=O)C(=O)C1.C=C1CCC(n2c(C)nc3cccc(CNC(=O)C4CC4)c3c2=O)C(=O)C1.C=C1CCC(n2c(C)nc3cccc(CNC(=O)CC(C)(C)C)c3c2=O)C(=O)C1.C=C1CCC(n2c(C)nc3cccc(CNC(=O)CCCCCC)c3c2=O)C(=O)C1. The molecule has 3 amide bonds. The predicted octanol–water partition coefficient (Wildman–Crippen LogP) is 12.9. The van der Waals surface area contributed by atoms with Gasteiger partial charge in [0.15, 0.2) is 23.1 Å². The van der Waals surface area contributed by atoms with E-state index in [1.54, 1.807) is 50.5 Å². The fourth-order valence-corrected chi connectivity index (χ4v) is 15.8. The van der Waals surface area contributed by atoms with Crippen LogP contribution in [0, 0.1) is 39.0 Å². The van der Waals surface area contributed by atoms with E-state index in [0.29, 0.717) is 163 Å². The largest absolute Gasteiger partial charge is 0.352 e. The highest BCUT2D eigenvalue weighted by Gasteiger charge is 2.35. The lowest BCUT2D eigenvalue weighted by atomic mass is 9.90. The van der Waals surface area contributed by atoms with Crippen LogP contribution in [0.4, 0.5) is 0 Å². The van der Waals surface area contributed by atoms with Crippen LogP contribution in [0.25, 0.3) is 43.6 Å². The average Bonchev–Trinajstić information content (AvgIpc) is 1.60. The summed E-state index contributed by atoms with van der Waals surface area (Å²) < 4.78 is 6.14. The first-order valence-electron chi connectivity index (χ1n) is 40.0. The predicted molar refractivity (Wildman–Crippen MR) is 444 cm³/mol. The Balaban J connectivity index is 0.000000161.